The molecule has 0 radical (unpaired) electrons. The van der Waals surface area contributed by atoms with E-state index < -0.39 is 0 Å². The number of fused-ring (bicyclic) bond motifs is 1. The van der Waals surface area contributed by atoms with E-state index in [1.807, 2.05) is 17.8 Å². The first kappa shape index (κ1) is 7.61. The van der Waals surface area contributed by atoms with Gasteiger partial charge in [-0.3, -0.25) is 0 Å². The predicted octanol–water partition coefficient (Wildman–Crippen LogP) is 0.159. The highest BCUT2D eigenvalue weighted by atomic mass is 16.5. The third-order valence-electron chi connectivity index (χ3n) is 2.18. The van der Waals surface area contributed by atoms with Crippen molar-refractivity contribution in [2.24, 2.45) is 11.7 Å². The van der Waals surface area contributed by atoms with E-state index in [-0.39, 0.29) is 0 Å². The second-order valence-corrected chi connectivity index (χ2v) is 3.23. The SMILES string of the molecule is Cc1cnn2c1OCC(CN)C2. The lowest BCUT2D eigenvalue weighted by molar-refractivity contribution is 0.167. The summed E-state index contributed by atoms with van der Waals surface area (Å²) in [6.45, 7) is 4.28. The summed E-state index contributed by atoms with van der Waals surface area (Å²) in [7, 11) is 0. The van der Waals surface area contributed by atoms with Crippen LogP contribution in [0, 0.1) is 12.8 Å². The van der Waals surface area contributed by atoms with Crippen molar-refractivity contribution < 1.29 is 4.74 Å². The Balaban J connectivity index is 2.24. The summed E-state index contributed by atoms with van der Waals surface area (Å²) < 4.78 is 7.40. The van der Waals surface area contributed by atoms with Crippen LogP contribution in [0.5, 0.6) is 5.88 Å². The molecule has 4 nitrogen and oxygen atoms in total. The van der Waals surface area contributed by atoms with Crippen LogP contribution in [0.2, 0.25) is 0 Å². The molecule has 0 aromatic carbocycles. The first-order valence-electron chi connectivity index (χ1n) is 4.16. The Morgan fingerprint density at radius 3 is 3.42 bits per heavy atom. The molecule has 2 rings (SSSR count). The van der Waals surface area contributed by atoms with Gasteiger partial charge in [0.25, 0.3) is 0 Å². The van der Waals surface area contributed by atoms with Crippen molar-refractivity contribution in [1.82, 2.24) is 9.78 Å². The third-order valence-corrected chi connectivity index (χ3v) is 2.18. The predicted molar refractivity (Wildman–Crippen MR) is 45.0 cm³/mol. The van der Waals surface area contributed by atoms with E-state index in [0.29, 0.717) is 12.5 Å². The van der Waals surface area contributed by atoms with Gasteiger partial charge in [0.15, 0.2) is 0 Å². The van der Waals surface area contributed by atoms with Crippen LogP contribution in [0.3, 0.4) is 0 Å². The van der Waals surface area contributed by atoms with Crippen LogP contribution in [-0.2, 0) is 6.54 Å². The van der Waals surface area contributed by atoms with Gasteiger partial charge >= 0.3 is 0 Å². The standard InChI is InChI=1S/C8H13N3O/c1-6-3-10-11-4-7(2-9)5-12-8(6)11/h3,7H,2,4-5,9H2,1H3. The van der Waals surface area contributed by atoms with E-state index >= 15 is 0 Å². The maximum Gasteiger partial charge on any atom is 0.214 e. The second-order valence-electron chi connectivity index (χ2n) is 3.23. The number of rotatable bonds is 1. The number of hydrogen-bond donors (Lipinski definition) is 1. The van der Waals surface area contributed by atoms with Crippen LogP contribution in [0.15, 0.2) is 6.20 Å². The fourth-order valence-corrected chi connectivity index (χ4v) is 1.42. The molecule has 0 saturated carbocycles. The van der Waals surface area contributed by atoms with Gasteiger partial charge in [-0.15, -0.1) is 0 Å². The first-order valence-corrected chi connectivity index (χ1v) is 4.16. The average Bonchev–Trinajstić information content (AvgIpc) is 2.47. The van der Waals surface area contributed by atoms with Crippen LogP contribution >= 0.6 is 0 Å². The maximum absolute atomic E-state index is 5.55. The highest BCUT2D eigenvalue weighted by Crippen LogP contribution is 2.22. The lowest BCUT2D eigenvalue weighted by Crippen LogP contribution is -2.31. The lowest BCUT2D eigenvalue weighted by Gasteiger charge is -2.23. The summed E-state index contributed by atoms with van der Waals surface area (Å²) in [5.74, 6) is 1.32. The largest absolute Gasteiger partial charge is 0.477 e. The zero-order chi connectivity index (χ0) is 8.55. The van der Waals surface area contributed by atoms with Crippen molar-refractivity contribution >= 4 is 0 Å². The van der Waals surface area contributed by atoms with Gasteiger partial charge in [0.2, 0.25) is 5.88 Å². The van der Waals surface area contributed by atoms with E-state index in [4.69, 9.17) is 10.5 Å². The van der Waals surface area contributed by atoms with Gasteiger partial charge in [-0.25, -0.2) is 4.68 Å². The molecule has 4 heteroatoms. The molecule has 1 unspecified atom stereocenters. The van der Waals surface area contributed by atoms with Crippen molar-refractivity contribution in [2.45, 2.75) is 13.5 Å². The summed E-state index contributed by atoms with van der Waals surface area (Å²) in [4.78, 5) is 0. The number of aromatic nitrogens is 2. The van der Waals surface area contributed by atoms with Crippen LogP contribution in [0.1, 0.15) is 5.56 Å². The Kier molecular flexibility index (Phi) is 1.77. The van der Waals surface area contributed by atoms with Gasteiger partial charge in [0.1, 0.15) is 0 Å². The Hall–Kier alpha value is -1.03. The molecule has 2 heterocycles. The molecular formula is C8H13N3O. The second kappa shape index (κ2) is 2.79. The number of nitrogens with two attached hydrogens (primary N) is 1. The molecule has 1 aromatic heterocycles. The molecule has 0 bridgehead atoms. The van der Waals surface area contributed by atoms with Crippen LogP contribution < -0.4 is 10.5 Å². The molecule has 1 aromatic rings. The third kappa shape index (κ3) is 1.08. The summed E-state index contributed by atoms with van der Waals surface area (Å²) in [5, 5.41) is 4.19. The molecule has 1 atom stereocenters. The molecule has 1 aliphatic rings. The fourth-order valence-electron chi connectivity index (χ4n) is 1.42. The summed E-state index contributed by atoms with van der Waals surface area (Å²) in [6, 6.07) is 0. The van der Waals surface area contributed by atoms with E-state index in [1.165, 1.54) is 0 Å². The molecule has 0 fully saturated rings. The highest BCUT2D eigenvalue weighted by Gasteiger charge is 2.20. The Bertz CT molecular complexity index is 282. The van der Waals surface area contributed by atoms with Gasteiger partial charge < -0.3 is 10.5 Å². The minimum Gasteiger partial charge on any atom is -0.477 e. The summed E-state index contributed by atoms with van der Waals surface area (Å²) >= 11 is 0. The Morgan fingerprint density at radius 1 is 1.83 bits per heavy atom. The first-order chi connectivity index (χ1) is 5.81. The van der Waals surface area contributed by atoms with Gasteiger partial charge in [-0.05, 0) is 6.92 Å². The van der Waals surface area contributed by atoms with E-state index in [9.17, 15) is 0 Å². The number of hydrogen-bond acceptors (Lipinski definition) is 3. The topological polar surface area (TPSA) is 53.1 Å². The fraction of sp³-hybridized carbons (Fsp3) is 0.625. The molecular weight excluding hydrogens is 154 g/mol. The lowest BCUT2D eigenvalue weighted by atomic mass is 10.1. The maximum atomic E-state index is 5.55. The van der Waals surface area contributed by atoms with E-state index in [0.717, 1.165) is 24.6 Å². The van der Waals surface area contributed by atoms with Crippen molar-refractivity contribution in [3.8, 4) is 5.88 Å². The van der Waals surface area contributed by atoms with Gasteiger partial charge in [-0.1, -0.05) is 0 Å². The summed E-state index contributed by atoms with van der Waals surface area (Å²) in [6.07, 6.45) is 1.83. The Labute approximate surface area is 71.3 Å². The smallest absolute Gasteiger partial charge is 0.214 e. The normalized spacial score (nSPS) is 21.7. The number of nitrogens with zero attached hydrogens (tertiary/aromatic N) is 2. The zero-order valence-corrected chi connectivity index (χ0v) is 7.16. The molecule has 66 valence electrons. The van der Waals surface area contributed by atoms with Gasteiger partial charge in [0.05, 0.1) is 19.3 Å². The van der Waals surface area contributed by atoms with Crippen molar-refractivity contribution in [3.05, 3.63) is 11.8 Å². The van der Waals surface area contributed by atoms with Crippen molar-refractivity contribution in [3.63, 3.8) is 0 Å². The van der Waals surface area contributed by atoms with Crippen LogP contribution in [0.4, 0.5) is 0 Å². The summed E-state index contributed by atoms with van der Waals surface area (Å²) in [5.41, 5.74) is 6.65. The van der Waals surface area contributed by atoms with Crippen LogP contribution in [-0.4, -0.2) is 22.9 Å². The Morgan fingerprint density at radius 2 is 2.67 bits per heavy atom. The van der Waals surface area contributed by atoms with E-state index in [2.05, 4.69) is 5.10 Å². The number of ether oxygens (including phenoxy) is 1. The molecule has 0 amide bonds. The van der Waals surface area contributed by atoms with Crippen molar-refractivity contribution in [1.29, 1.82) is 0 Å². The average molecular weight is 167 g/mol. The molecule has 0 saturated heterocycles. The van der Waals surface area contributed by atoms with Gasteiger partial charge in [-0.2, -0.15) is 5.10 Å². The van der Waals surface area contributed by atoms with Crippen molar-refractivity contribution in [2.75, 3.05) is 13.2 Å². The molecule has 1 aliphatic heterocycles. The van der Waals surface area contributed by atoms with Gasteiger partial charge in [0, 0.05) is 18.0 Å². The van der Waals surface area contributed by atoms with Crippen LogP contribution in [0.25, 0.3) is 0 Å². The molecule has 12 heavy (non-hydrogen) atoms. The molecule has 0 spiro atoms. The minimum absolute atomic E-state index is 0.414. The highest BCUT2D eigenvalue weighted by molar-refractivity contribution is 5.23. The quantitative estimate of drug-likeness (QED) is 0.648. The van der Waals surface area contributed by atoms with E-state index in [1.54, 1.807) is 0 Å². The molecule has 0 aliphatic carbocycles. The number of aryl methyl sites for hydroxylation is 1. The monoisotopic (exact) mass is 167 g/mol. The zero-order valence-electron chi connectivity index (χ0n) is 7.16. The molecule has 2 N–H and O–H groups in total. The minimum atomic E-state index is 0.414.